The topological polar surface area (TPSA) is 30.5 Å². The number of hydrogen-bond acceptors (Lipinski definition) is 3. The number of anilines is 1. The third-order valence-electron chi connectivity index (χ3n) is 2.86. The standard InChI is InChI=1S/C16H19NO2/c1-13-12-15(18-2)8-9-16(13)17-10-11-19-14-6-4-3-5-7-14/h3-9,12,17H,10-11H2,1-2H3. The zero-order valence-corrected chi connectivity index (χ0v) is 11.3. The van der Waals surface area contributed by atoms with Gasteiger partial charge in [-0.1, -0.05) is 18.2 Å². The minimum atomic E-state index is 0.634. The first-order valence-corrected chi connectivity index (χ1v) is 6.36. The highest BCUT2D eigenvalue weighted by atomic mass is 16.5. The second-order valence-electron chi connectivity index (χ2n) is 4.27. The summed E-state index contributed by atoms with van der Waals surface area (Å²) in [6, 6.07) is 15.8. The van der Waals surface area contributed by atoms with Crippen molar-refractivity contribution in [3.63, 3.8) is 0 Å². The van der Waals surface area contributed by atoms with Crippen molar-refractivity contribution in [2.24, 2.45) is 0 Å². The average molecular weight is 257 g/mol. The molecule has 2 aromatic carbocycles. The lowest BCUT2D eigenvalue weighted by Gasteiger charge is -2.11. The Balaban J connectivity index is 1.80. The molecule has 0 aliphatic carbocycles. The number of benzene rings is 2. The maximum absolute atomic E-state index is 5.63. The molecule has 0 fully saturated rings. The molecular weight excluding hydrogens is 238 g/mol. The van der Waals surface area contributed by atoms with Crippen LogP contribution in [0.2, 0.25) is 0 Å². The predicted octanol–water partition coefficient (Wildman–Crippen LogP) is 3.49. The van der Waals surface area contributed by atoms with Crippen LogP contribution in [-0.2, 0) is 0 Å². The van der Waals surface area contributed by atoms with E-state index in [0.717, 1.165) is 23.7 Å². The monoisotopic (exact) mass is 257 g/mol. The molecule has 0 radical (unpaired) electrons. The van der Waals surface area contributed by atoms with Crippen molar-refractivity contribution in [2.45, 2.75) is 6.92 Å². The van der Waals surface area contributed by atoms with Gasteiger partial charge in [-0.25, -0.2) is 0 Å². The van der Waals surface area contributed by atoms with Crippen LogP contribution >= 0.6 is 0 Å². The van der Waals surface area contributed by atoms with Crippen molar-refractivity contribution >= 4 is 5.69 Å². The summed E-state index contributed by atoms with van der Waals surface area (Å²) in [5.41, 5.74) is 2.27. The third-order valence-corrected chi connectivity index (χ3v) is 2.86. The average Bonchev–Trinajstić information content (AvgIpc) is 2.46. The van der Waals surface area contributed by atoms with Gasteiger partial charge in [0.2, 0.25) is 0 Å². The first kappa shape index (κ1) is 13.3. The van der Waals surface area contributed by atoms with Crippen LogP contribution in [0.15, 0.2) is 48.5 Å². The number of methoxy groups -OCH3 is 1. The van der Waals surface area contributed by atoms with Gasteiger partial charge in [0.05, 0.1) is 7.11 Å². The van der Waals surface area contributed by atoms with Gasteiger partial charge in [0, 0.05) is 12.2 Å². The molecule has 0 saturated carbocycles. The molecule has 3 heteroatoms. The highest BCUT2D eigenvalue weighted by Crippen LogP contribution is 2.20. The minimum Gasteiger partial charge on any atom is -0.497 e. The lowest BCUT2D eigenvalue weighted by Crippen LogP contribution is -2.12. The molecule has 0 unspecified atom stereocenters. The molecule has 100 valence electrons. The highest BCUT2D eigenvalue weighted by molar-refractivity contribution is 5.53. The van der Waals surface area contributed by atoms with Gasteiger partial charge in [0.15, 0.2) is 0 Å². The van der Waals surface area contributed by atoms with Crippen LogP contribution in [0.3, 0.4) is 0 Å². The van der Waals surface area contributed by atoms with E-state index in [1.165, 1.54) is 5.56 Å². The van der Waals surface area contributed by atoms with E-state index in [1.807, 2.05) is 48.5 Å². The Labute approximate surface area is 114 Å². The SMILES string of the molecule is COc1ccc(NCCOc2ccccc2)c(C)c1. The van der Waals surface area contributed by atoms with Crippen molar-refractivity contribution < 1.29 is 9.47 Å². The molecule has 0 saturated heterocycles. The van der Waals surface area contributed by atoms with Crippen LogP contribution in [0, 0.1) is 6.92 Å². The third kappa shape index (κ3) is 3.91. The number of nitrogens with one attached hydrogen (secondary N) is 1. The minimum absolute atomic E-state index is 0.634. The number of para-hydroxylation sites is 1. The predicted molar refractivity (Wildman–Crippen MR) is 78.2 cm³/mol. The van der Waals surface area contributed by atoms with Gasteiger partial charge < -0.3 is 14.8 Å². The van der Waals surface area contributed by atoms with Gasteiger partial charge in [-0.2, -0.15) is 0 Å². The Bertz CT molecular complexity index is 511. The van der Waals surface area contributed by atoms with Gasteiger partial charge in [-0.05, 0) is 42.8 Å². The fourth-order valence-corrected chi connectivity index (χ4v) is 1.83. The molecule has 0 heterocycles. The lowest BCUT2D eigenvalue weighted by atomic mass is 10.2. The normalized spacial score (nSPS) is 10.0. The molecule has 0 amide bonds. The van der Waals surface area contributed by atoms with Crippen LogP contribution in [0.25, 0.3) is 0 Å². The summed E-state index contributed by atoms with van der Waals surface area (Å²) in [5, 5.41) is 3.35. The summed E-state index contributed by atoms with van der Waals surface area (Å²) in [5.74, 6) is 1.78. The molecule has 0 bridgehead atoms. The summed E-state index contributed by atoms with van der Waals surface area (Å²) in [6.07, 6.45) is 0. The molecule has 0 spiro atoms. The fourth-order valence-electron chi connectivity index (χ4n) is 1.83. The summed E-state index contributed by atoms with van der Waals surface area (Å²) >= 11 is 0. The Hall–Kier alpha value is -2.16. The van der Waals surface area contributed by atoms with E-state index >= 15 is 0 Å². The summed E-state index contributed by atoms with van der Waals surface area (Å²) < 4.78 is 10.8. The Morgan fingerprint density at radius 2 is 1.79 bits per heavy atom. The lowest BCUT2D eigenvalue weighted by molar-refractivity contribution is 0.333. The summed E-state index contributed by atoms with van der Waals surface area (Å²) in [7, 11) is 1.68. The summed E-state index contributed by atoms with van der Waals surface area (Å²) in [6.45, 7) is 3.46. The van der Waals surface area contributed by atoms with Gasteiger partial charge in [0.1, 0.15) is 18.1 Å². The second-order valence-corrected chi connectivity index (χ2v) is 4.27. The van der Waals surface area contributed by atoms with Crippen molar-refractivity contribution in [3.05, 3.63) is 54.1 Å². The van der Waals surface area contributed by atoms with E-state index < -0.39 is 0 Å². The van der Waals surface area contributed by atoms with Crippen LogP contribution in [0.1, 0.15) is 5.56 Å². The highest BCUT2D eigenvalue weighted by Gasteiger charge is 1.99. The van der Waals surface area contributed by atoms with Crippen LogP contribution in [-0.4, -0.2) is 20.3 Å². The van der Waals surface area contributed by atoms with E-state index in [-0.39, 0.29) is 0 Å². The molecule has 2 rings (SSSR count). The molecular formula is C16H19NO2. The quantitative estimate of drug-likeness (QED) is 0.803. The van der Waals surface area contributed by atoms with Gasteiger partial charge in [0.25, 0.3) is 0 Å². The molecule has 19 heavy (non-hydrogen) atoms. The maximum atomic E-state index is 5.63. The zero-order valence-electron chi connectivity index (χ0n) is 11.3. The number of aryl methyl sites for hydroxylation is 1. The van der Waals surface area contributed by atoms with Crippen LogP contribution in [0.5, 0.6) is 11.5 Å². The number of rotatable bonds is 6. The van der Waals surface area contributed by atoms with Crippen molar-refractivity contribution in [2.75, 3.05) is 25.6 Å². The second kappa shape index (κ2) is 6.69. The van der Waals surface area contributed by atoms with Crippen LogP contribution < -0.4 is 14.8 Å². The molecule has 3 nitrogen and oxygen atoms in total. The maximum Gasteiger partial charge on any atom is 0.119 e. The van der Waals surface area contributed by atoms with E-state index in [4.69, 9.17) is 9.47 Å². The molecule has 0 aromatic heterocycles. The molecule has 2 aromatic rings. The molecule has 0 aliphatic heterocycles. The molecule has 0 atom stereocenters. The largest absolute Gasteiger partial charge is 0.497 e. The Morgan fingerprint density at radius 3 is 2.47 bits per heavy atom. The van der Waals surface area contributed by atoms with E-state index in [1.54, 1.807) is 7.11 Å². The zero-order chi connectivity index (χ0) is 13.5. The molecule has 0 aliphatic rings. The number of hydrogen-bond donors (Lipinski definition) is 1. The van der Waals surface area contributed by atoms with Crippen LogP contribution in [0.4, 0.5) is 5.69 Å². The smallest absolute Gasteiger partial charge is 0.119 e. The van der Waals surface area contributed by atoms with Gasteiger partial charge in [-0.3, -0.25) is 0 Å². The summed E-state index contributed by atoms with van der Waals surface area (Å²) in [4.78, 5) is 0. The van der Waals surface area contributed by atoms with Crippen molar-refractivity contribution in [1.29, 1.82) is 0 Å². The van der Waals surface area contributed by atoms with E-state index in [0.29, 0.717) is 6.61 Å². The molecule has 1 N–H and O–H groups in total. The first-order chi connectivity index (χ1) is 9.29. The van der Waals surface area contributed by atoms with E-state index in [9.17, 15) is 0 Å². The van der Waals surface area contributed by atoms with Crippen molar-refractivity contribution in [3.8, 4) is 11.5 Å². The Morgan fingerprint density at radius 1 is 1.00 bits per heavy atom. The Kier molecular flexibility index (Phi) is 4.67. The van der Waals surface area contributed by atoms with Gasteiger partial charge >= 0.3 is 0 Å². The van der Waals surface area contributed by atoms with Crippen molar-refractivity contribution in [1.82, 2.24) is 0 Å². The number of ether oxygens (including phenoxy) is 2. The first-order valence-electron chi connectivity index (χ1n) is 6.36. The fraction of sp³-hybridized carbons (Fsp3) is 0.250. The van der Waals surface area contributed by atoms with E-state index in [2.05, 4.69) is 12.2 Å². The van der Waals surface area contributed by atoms with Gasteiger partial charge in [-0.15, -0.1) is 0 Å².